The monoisotopic (exact) mass is 521 g/mol. The van der Waals surface area contributed by atoms with Crippen LogP contribution < -0.4 is 5.32 Å². The number of aliphatic imine (C=N–C) groups is 1. The summed E-state index contributed by atoms with van der Waals surface area (Å²) in [6.07, 6.45) is 3.94. The van der Waals surface area contributed by atoms with E-state index in [9.17, 15) is 19.1 Å². The van der Waals surface area contributed by atoms with Gasteiger partial charge in [-0.1, -0.05) is 22.0 Å². The summed E-state index contributed by atoms with van der Waals surface area (Å²) in [5.74, 6) is -1.66. The van der Waals surface area contributed by atoms with Gasteiger partial charge >= 0.3 is 11.9 Å². The summed E-state index contributed by atoms with van der Waals surface area (Å²) >= 11 is 4.82. The molecule has 32 heavy (non-hydrogen) atoms. The van der Waals surface area contributed by atoms with Crippen molar-refractivity contribution < 1.29 is 23.8 Å². The summed E-state index contributed by atoms with van der Waals surface area (Å²) in [6, 6.07) is 3.53. The third kappa shape index (κ3) is 4.47. The first-order chi connectivity index (χ1) is 15.4. The van der Waals surface area contributed by atoms with Crippen LogP contribution in [0.2, 0.25) is 0 Å². The number of allylic oxidation sites excluding steroid dienone is 1. The Bertz CT molecular complexity index is 1090. The summed E-state index contributed by atoms with van der Waals surface area (Å²) < 4.78 is 19.4. The van der Waals surface area contributed by atoms with Gasteiger partial charge < -0.3 is 15.2 Å². The number of carboxylic acid groups (broad SMARTS) is 1. The number of ether oxygens (including phenoxy) is 1. The fourth-order valence-corrected chi connectivity index (χ4v) is 5.40. The van der Waals surface area contributed by atoms with E-state index in [1.165, 1.54) is 30.6 Å². The SMILES string of the molecule is COC(=O)C1=C([C@H]2CC[C@H](C(=O)O)CC2)NC(c2nccs2)=N[C@H]1c1ccc(F)cc1Br. The van der Waals surface area contributed by atoms with E-state index in [0.717, 1.165) is 0 Å². The quantitative estimate of drug-likeness (QED) is 0.563. The maximum Gasteiger partial charge on any atom is 0.338 e. The van der Waals surface area contributed by atoms with E-state index in [-0.39, 0.29) is 11.8 Å². The van der Waals surface area contributed by atoms with Gasteiger partial charge in [-0.05, 0) is 49.3 Å². The Hall–Kier alpha value is -2.59. The zero-order chi connectivity index (χ0) is 22.8. The second-order valence-electron chi connectivity index (χ2n) is 7.71. The minimum atomic E-state index is -0.791. The second kappa shape index (κ2) is 9.50. The van der Waals surface area contributed by atoms with Crippen LogP contribution in [0.15, 0.2) is 50.5 Å². The maximum absolute atomic E-state index is 13.8. The predicted molar refractivity (Wildman–Crippen MR) is 121 cm³/mol. The van der Waals surface area contributed by atoms with Crippen LogP contribution >= 0.6 is 27.3 Å². The van der Waals surface area contributed by atoms with Crippen LogP contribution in [-0.4, -0.2) is 35.0 Å². The number of hydrogen-bond donors (Lipinski definition) is 2. The molecule has 10 heteroatoms. The number of thiazole rings is 1. The molecule has 2 aliphatic rings. The Morgan fingerprint density at radius 3 is 2.62 bits per heavy atom. The number of carbonyl (C=O) groups is 2. The minimum Gasteiger partial charge on any atom is -0.481 e. The number of carboxylic acids is 1. The van der Waals surface area contributed by atoms with Gasteiger partial charge in [-0.25, -0.2) is 14.2 Å². The zero-order valence-electron chi connectivity index (χ0n) is 17.2. The highest BCUT2D eigenvalue weighted by atomic mass is 79.9. The zero-order valence-corrected chi connectivity index (χ0v) is 19.6. The van der Waals surface area contributed by atoms with Crippen molar-refractivity contribution in [2.24, 2.45) is 16.8 Å². The number of amidine groups is 1. The van der Waals surface area contributed by atoms with Crippen molar-refractivity contribution in [2.75, 3.05) is 7.11 Å². The molecule has 1 aliphatic heterocycles. The number of halogens is 2. The van der Waals surface area contributed by atoms with Gasteiger partial charge in [0.15, 0.2) is 10.8 Å². The Morgan fingerprint density at radius 1 is 1.28 bits per heavy atom. The third-order valence-electron chi connectivity index (χ3n) is 5.86. The second-order valence-corrected chi connectivity index (χ2v) is 9.46. The van der Waals surface area contributed by atoms with Crippen LogP contribution in [0.1, 0.15) is 42.3 Å². The van der Waals surface area contributed by atoms with Crippen molar-refractivity contribution in [3.63, 3.8) is 0 Å². The Kier molecular flexibility index (Phi) is 6.71. The van der Waals surface area contributed by atoms with Gasteiger partial charge in [-0.3, -0.25) is 9.79 Å². The van der Waals surface area contributed by atoms with Gasteiger partial charge in [0.1, 0.15) is 11.9 Å². The molecular formula is C22H21BrFN3O4S. The molecule has 168 valence electrons. The molecular weight excluding hydrogens is 501 g/mol. The summed E-state index contributed by atoms with van der Waals surface area (Å²) in [5.41, 5.74) is 1.64. The number of carbonyl (C=O) groups excluding carboxylic acids is 1. The largest absolute Gasteiger partial charge is 0.481 e. The predicted octanol–water partition coefficient (Wildman–Crippen LogP) is 4.45. The third-order valence-corrected chi connectivity index (χ3v) is 7.32. The lowest BCUT2D eigenvalue weighted by Gasteiger charge is -2.34. The summed E-state index contributed by atoms with van der Waals surface area (Å²) in [7, 11) is 1.31. The fraction of sp³-hybridized carbons (Fsp3) is 0.364. The molecule has 7 nitrogen and oxygen atoms in total. The average Bonchev–Trinajstić information content (AvgIpc) is 3.33. The van der Waals surface area contributed by atoms with Crippen molar-refractivity contribution in [1.29, 1.82) is 0 Å². The number of methoxy groups -OCH3 is 1. The molecule has 1 aliphatic carbocycles. The minimum absolute atomic E-state index is 0.0631. The first-order valence-electron chi connectivity index (χ1n) is 10.1. The lowest BCUT2D eigenvalue weighted by atomic mass is 9.78. The molecule has 2 aromatic rings. The van der Waals surface area contributed by atoms with Crippen LogP contribution in [0, 0.1) is 17.7 Å². The molecule has 0 unspecified atom stereocenters. The molecule has 1 saturated carbocycles. The molecule has 0 spiro atoms. The summed E-state index contributed by atoms with van der Waals surface area (Å²) in [5, 5.41) is 15.2. The van der Waals surface area contributed by atoms with Crippen molar-refractivity contribution in [3.8, 4) is 0 Å². The number of nitrogens with zero attached hydrogens (tertiary/aromatic N) is 2. The first-order valence-corrected chi connectivity index (χ1v) is 11.8. The van der Waals surface area contributed by atoms with E-state index in [1.54, 1.807) is 12.3 Å². The number of hydrogen-bond acceptors (Lipinski definition) is 7. The van der Waals surface area contributed by atoms with E-state index in [2.05, 4.69) is 26.2 Å². The lowest BCUT2D eigenvalue weighted by molar-refractivity contribution is -0.143. The summed E-state index contributed by atoms with van der Waals surface area (Å²) in [6.45, 7) is 0. The standard InChI is InChI=1S/C22H21BrFN3O4S/c1-31-22(30)16-17(11-2-4-12(5-3-11)21(28)29)26-19(20-25-8-9-32-20)27-18(16)14-7-6-13(24)10-15(14)23/h6-12,18H,2-5H2,1H3,(H,26,27)(H,28,29)/t11-,12-,18-/m0/s1. The molecule has 2 heterocycles. The van der Waals surface area contributed by atoms with Crippen LogP contribution in [-0.2, 0) is 14.3 Å². The fourth-order valence-electron chi connectivity index (χ4n) is 4.25. The van der Waals surface area contributed by atoms with Crippen LogP contribution in [0.25, 0.3) is 0 Å². The van der Waals surface area contributed by atoms with Gasteiger partial charge in [0.25, 0.3) is 0 Å². The number of rotatable bonds is 5. The highest BCUT2D eigenvalue weighted by Crippen LogP contribution is 2.42. The Labute approximate surface area is 196 Å². The molecule has 4 rings (SSSR count). The van der Waals surface area contributed by atoms with Crippen LogP contribution in [0.3, 0.4) is 0 Å². The average molecular weight is 522 g/mol. The van der Waals surface area contributed by atoms with Crippen molar-refractivity contribution in [2.45, 2.75) is 31.7 Å². The van der Waals surface area contributed by atoms with Crippen molar-refractivity contribution >= 4 is 45.0 Å². The highest BCUT2D eigenvalue weighted by Gasteiger charge is 2.38. The van der Waals surface area contributed by atoms with Gasteiger partial charge in [0, 0.05) is 21.7 Å². The van der Waals surface area contributed by atoms with Gasteiger partial charge in [0.05, 0.1) is 18.6 Å². The topological polar surface area (TPSA) is 101 Å². The summed E-state index contributed by atoms with van der Waals surface area (Å²) in [4.78, 5) is 33.5. The molecule has 0 saturated heterocycles. The molecule has 0 amide bonds. The lowest BCUT2D eigenvalue weighted by Crippen LogP contribution is -2.38. The highest BCUT2D eigenvalue weighted by molar-refractivity contribution is 9.10. The van der Waals surface area contributed by atoms with Crippen LogP contribution in [0.5, 0.6) is 0 Å². The van der Waals surface area contributed by atoms with E-state index in [4.69, 9.17) is 9.73 Å². The van der Waals surface area contributed by atoms with E-state index < -0.39 is 23.8 Å². The van der Waals surface area contributed by atoms with Gasteiger partial charge in [-0.15, -0.1) is 11.3 Å². The molecule has 2 N–H and O–H groups in total. The Balaban J connectivity index is 1.82. The molecule has 1 fully saturated rings. The van der Waals surface area contributed by atoms with Gasteiger partial charge in [0.2, 0.25) is 0 Å². The van der Waals surface area contributed by atoms with Crippen molar-refractivity contribution in [1.82, 2.24) is 10.3 Å². The maximum atomic E-state index is 13.8. The van der Waals surface area contributed by atoms with Crippen molar-refractivity contribution in [3.05, 3.63) is 61.9 Å². The number of benzene rings is 1. The first kappa shape index (κ1) is 22.6. The molecule has 1 aromatic carbocycles. The number of esters is 1. The molecule has 1 atom stereocenters. The van der Waals surface area contributed by atoms with E-state index in [0.29, 0.717) is 57.8 Å². The smallest absolute Gasteiger partial charge is 0.338 e. The number of aromatic nitrogens is 1. The van der Waals surface area contributed by atoms with E-state index >= 15 is 0 Å². The number of nitrogens with one attached hydrogen (secondary N) is 1. The molecule has 1 aromatic heterocycles. The van der Waals surface area contributed by atoms with Crippen LogP contribution in [0.4, 0.5) is 4.39 Å². The van der Waals surface area contributed by atoms with Gasteiger partial charge in [-0.2, -0.15) is 0 Å². The molecule has 0 bridgehead atoms. The number of aliphatic carboxylic acids is 1. The normalized spacial score (nSPS) is 23.3. The Morgan fingerprint density at radius 2 is 2.03 bits per heavy atom. The van der Waals surface area contributed by atoms with E-state index in [1.807, 2.05) is 5.38 Å². The molecule has 0 radical (unpaired) electrons.